The van der Waals surface area contributed by atoms with E-state index in [-0.39, 0.29) is 21.3 Å². The standard InChI is InChI=1S/C21H22O6S/c1-13-11-17-18(27-21(26-17)20(22)23)12-19(13)28(24,25)16-9-7-15(8-10-16)14-5-3-2-4-6-14/h7-12,14,21H,2-6H2,1H3,(H,22,23). The summed E-state index contributed by atoms with van der Waals surface area (Å²) in [6.45, 7) is 1.65. The SMILES string of the molecule is Cc1cc2c(cc1S(=O)(=O)c1ccc(C3CCCCC3)cc1)OC(C(=O)O)O2. The molecule has 148 valence electrons. The van der Waals surface area contributed by atoms with Gasteiger partial charge in [0.15, 0.2) is 11.5 Å². The molecule has 2 aromatic rings. The van der Waals surface area contributed by atoms with Gasteiger partial charge in [-0.15, -0.1) is 0 Å². The quantitative estimate of drug-likeness (QED) is 0.830. The summed E-state index contributed by atoms with van der Waals surface area (Å²) in [7, 11) is -3.76. The van der Waals surface area contributed by atoms with E-state index in [1.54, 1.807) is 19.1 Å². The zero-order valence-corrected chi connectivity index (χ0v) is 16.4. The Morgan fingerprint density at radius 3 is 2.21 bits per heavy atom. The van der Waals surface area contributed by atoms with Crippen molar-refractivity contribution in [2.75, 3.05) is 0 Å². The van der Waals surface area contributed by atoms with Gasteiger partial charge < -0.3 is 14.6 Å². The summed E-state index contributed by atoms with van der Waals surface area (Å²) in [6.07, 6.45) is 4.56. The van der Waals surface area contributed by atoms with Gasteiger partial charge in [0.25, 0.3) is 0 Å². The molecule has 2 aromatic carbocycles. The van der Waals surface area contributed by atoms with Crippen molar-refractivity contribution in [3.63, 3.8) is 0 Å². The predicted molar refractivity (Wildman–Crippen MR) is 102 cm³/mol. The van der Waals surface area contributed by atoms with E-state index in [9.17, 15) is 13.2 Å². The Bertz CT molecular complexity index is 1000. The van der Waals surface area contributed by atoms with Crippen molar-refractivity contribution in [1.82, 2.24) is 0 Å². The van der Waals surface area contributed by atoms with Gasteiger partial charge in [0.05, 0.1) is 9.79 Å². The first kappa shape index (κ1) is 18.8. The second kappa shape index (κ2) is 7.13. The Morgan fingerprint density at radius 2 is 1.61 bits per heavy atom. The molecule has 0 saturated heterocycles. The summed E-state index contributed by atoms with van der Waals surface area (Å²) in [5, 5.41) is 9.03. The molecule has 0 bridgehead atoms. The predicted octanol–water partition coefficient (Wildman–Crippen LogP) is 4.06. The minimum absolute atomic E-state index is 0.0892. The highest BCUT2D eigenvalue weighted by Crippen LogP contribution is 2.40. The number of carboxylic acid groups (broad SMARTS) is 1. The second-order valence-corrected chi connectivity index (χ2v) is 9.30. The van der Waals surface area contributed by atoms with Crippen LogP contribution in [0.2, 0.25) is 0 Å². The van der Waals surface area contributed by atoms with E-state index in [0.29, 0.717) is 11.5 Å². The first-order chi connectivity index (χ1) is 13.4. The third-order valence-electron chi connectivity index (χ3n) is 5.47. The Morgan fingerprint density at radius 1 is 1.00 bits per heavy atom. The maximum atomic E-state index is 13.1. The van der Waals surface area contributed by atoms with Crippen molar-refractivity contribution in [2.24, 2.45) is 0 Å². The number of rotatable bonds is 4. The minimum atomic E-state index is -3.76. The van der Waals surface area contributed by atoms with Crippen LogP contribution in [-0.4, -0.2) is 25.8 Å². The number of benzene rings is 2. The summed E-state index contributed by atoms with van der Waals surface area (Å²) in [5.41, 5.74) is 1.66. The molecule has 1 aliphatic heterocycles. The zero-order chi connectivity index (χ0) is 19.9. The largest absolute Gasteiger partial charge is 0.476 e. The minimum Gasteiger partial charge on any atom is -0.476 e. The second-order valence-electron chi connectivity index (χ2n) is 7.38. The highest BCUT2D eigenvalue weighted by atomic mass is 32.2. The molecule has 2 aliphatic rings. The Labute approximate surface area is 164 Å². The molecule has 1 heterocycles. The molecule has 1 atom stereocenters. The topological polar surface area (TPSA) is 89.9 Å². The third kappa shape index (κ3) is 3.35. The normalized spacial score (nSPS) is 19.5. The lowest BCUT2D eigenvalue weighted by molar-refractivity contribution is -0.154. The zero-order valence-electron chi connectivity index (χ0n) is 15.6. The lowest BCUT2D eigenvalue weighted by Gasteiger charge is -2.22. The molecule has 1 unspecified atom stereocenters. The molecule has 0 amide bonds. The molecule has 1 aliphatic carbocycles. The van der Waals surface area contributed by atoms with Crippen LogP contribution in [0.4, 0.5) is 0 Å². The van der Waals surface area contributed by atoms with Crippen molar-refractivity contribution in [3.8, 4) is 11.5 Å². The van der Waals surface area contributed by atoms with Gasteiger partial charge in [0.1, 0.15) is 0 Å². The third-order valence-corrected chi connectivity index (χ3v) is 7.38. The summed E-state index contributed by atoms with van der Waals surface area (Å²) < 4.78 is 36.7. The van der Waals surface area contributed by atoms with Gasteiger partial charge in [-0.3, -0.25) is 0 Å². The number of aryl methyl sites for hydroxylation is 1. The van der Waals surface area contributed by atoms with Gasteiger partial charge in [-0.25, -0.2) is 13.2 Å². The average Bonchev–Trinajstić information content (AvgIpc) is 3.11. The van der Waals surface area contributed by atoms with E-state index in [4.69, 9.17) is 14.6 Å². The van der Waals surface area contributed by atoms with Gasteiger partial charge in [-0.05, 0) is 55.0 Å². The smallest absolute Gasteiger partial charge is 0.387 e. The summed E-state index contributed by atoms with van der Waals surface area (Å²) >= 11 is 0. The lowest BCUT2D eigenvalue weighted by Crippen LogP contribution is -2.28. The van der Waals surface area contributed by atoms with Crippen LogP contribution in [0.3, 0.4) is 0 Å². The van der Waals surface area contributed by atoms with Crippen molar-refractivity contribution < 1.29 is 27.8 Å². The van der Waals surface area contributed by atoms with Gasteiger partial charge >= 0.3 is 12.3 Å². The van der Waals surface area contributed by atoms with Gasteiger partial charge in [-0.1, -0.05) is 31.4 Å². The molecule has 1 saturated carbocycles. The molecule has 0 spiro atoms. The Kier molecular flexibility index (Phi) is 4.79. The van der Waals surface area contributed by atoms with Crippen molar-refractivity contribution in [3.05, 3.63) is 47.5 Å². The van der Waals surface area contributed by atoms with E-state index in [1.807, 2.05) is 12.1 Å². The van der Waals surface area contributed by atoms with Crippen LogP contribution < -0.4 is 9.47 Å². The number of carbonyl (C=O) groups is 1. The number of carboxylic acids is 1. The first-order valence-electron chi connectivity index (χ1n) is 9.42. The average molecular weight is 402 g/mol. The Hall–Kier alpha value is -2.54. The fourth-order valence-electron chi connectivity index (χ4n) is 3.95. The van der Waals surface area contributed by atoms with Crippen molar-refractivity contribution >= 4 is 15.8 Å². The van der Waals surface area contributed by atoms with E-state index < -0.39 is 22.1 Å². The van der Waals surface area contributed by atoms with Crippen LogP contribution in [0.5, 0.6) is 11.5 Å². The number of ether oxygens (including phenoxy) is 2. The molecule has 1 N–H and O–H groups in total. The first-order valence-corrected chi connectivity index (χ1v) is 10.9. The summed E-state index contributed by atoms with van der Waals surface area (Å²) in [5.74, 6) is -0.408. The van der Waals surface area contributed by atoms with Crippen LogP contribution in [0.1, 0.15) is 49.1 Å². The summed E-state index contributed by atoms with van der Waals surface area (Å²) in [4.78, 5) is 11.4. The van der Waals surface area contributed by atoms with E-state index in [1.165, 1.54) is 37.0 Å². The van der Waals surface area contributed by atoms with Crippen LogP contribution in [0.25, 0.3) is 0 Å². The molecule has 1 fully saturated rings. The van der Waals surface area contributed by atoms with Crippen LogP contribution >= 0.6 is 0 Å². The maximum Gasteiger partial charge on any atom is 0.387 e. The molecular formula is C21H22O6S. The molecule has 28 heavy (non-hydrogen) atoms. The number of hydrogen-bond donors (Lipinski definition) is 1. The number of aliphatic carboxylic acids is 1. The number of fused-ring (bicyclic) bond motifs is 1. The molecule has 6 nitrogen and oxygen atoms in total. The maximum absolute atomic E-state index is 13.1. The highest BCUT2D eigenvalue weighted by Gasteiger charge is 2.33. The molecule has 0 aromatic heterocycles. The van der Waals surface area contributed by atoms with E-state index in [0.717, 1.165) is 12.8 Å². The van der Waals surface area contributed by atoms with Crippen LogP contribution in [0, 0.1) is 6.92 Å². The van der Waals surface area contributed by atoms with Gasteiger partial charge in [-0.2, -0.15) is 0 Å². The van der Waals surface area contributed by atoms with E-state index in [2.05, 4.69) is 0 Å². The van der Waals surface area contributed by atoms with Gasteiger partial charge in [0, 0.05) is 6.07 Å². The molecule has 0 radical (unpaired) electrons. The van der Waals surface area contributed by atoms with Gasteiger partial charge in [0.2, 0.25) is 9.84 Å². The number of hydrogen-bond acceptors (Lipinski definition) is 5. The van der Waals surface area contributed by atoms with Crippen molar-refractivity contribution in [1.29, 1.82) is 0 Å². The Balaban J connectivity index is 1.64. The lowest BCUT2D eigenvalue weighted by atomic mass is 9.84. The molecule has 4 rings (SSSR count). The monoisotopic (exact) mass is 402 g/mol. The van der Waals surface area contributed by atoms with Crippen LogP contribution in [0.15, 0.2) is 46.2 Å². The molecular weight excluding hydrogens is 380 g/mol. The van der Waals surface area contributed by atoms with E-state index >= 15 is 0 Å². The fourth-order valence-corrected chi connectivity index (χ4v) is 5.45. The van der Waals surface area contributed by atoms with Crippen molar-refractivity contribution in [2.45, 2.75) is 61.0 Å². The summed E-state index contributed by atoms with van der Waals surface area (Å²) in [6, 6.07) is 9.98. The highest BCUT2D eigenvalue weighted by molar-refractivity contribution is 7.91. The van der Waals surface area contributed by atoms with Crippen LogP contribution in [-0.2, 0) is 14.6 Å². The number of sulfone groups is 1. The molecule has 7 heteroatoms. The fraction of sp³-hybridized carbons (Fsp3) is 0.381.